The maximum Gasteiger partial charge on any atom is 0.241 e. The van der Waals surface area contributed by atoms with Crippen LogP contribution >= 0.6 is 0 Å². The van der Waals surface area contributed by atoms with Gasteiger partial charge in [-0.2, -0.15) is 0 Å². The van der Waals surface area contributed by atoms with Crippen molar-refractivity contribution in [3.8, 4) is 0 Å². The first kappa shape index (κ1) is 13.9. The highest BCUT2D eigenvalue weighted by atomic mass is 16.2. The number of hydrogen-bond acceptors (Lipinski definition) is 2. The van der Waals surface area contributed by atoms with Crippen LogP contribution in [0.4, 0.5) is 0 Å². The van der Waals surface area contributed by atoms with E-state index in [1.165, 1.54) is 12.8 Å². The first-order chi connectivity index (χ1) is 8.60. The normalized spacial score (nSPS) is 31.8. The fraction of sp³-hybridized carbons (Fsp3) is 0.933. The van der Waals surface area contributed by atoms with Crippen molar-refractivity contribution in [1.29, 1.82) is 0 Å². The minimum absolute atomic E-state index is 0.0488. The van der Waals surface area contributed by atoms with Gasteiger partial charge in [0.15, 0.2) is 0 Å². The van der Waals surface area contributed by atoms with E-state index < -0.39 is 0 Å². The summed E-state index contributed by atoms with van der Waals surface area (Å²) in [6.07, 6.45) is 6.16. The van der Waals surface area contributed by atoms with E-state index in [-0.39, 0.29) is 12.2 Å². The largest absolute Gasteiger partial charge is 0.323 e. The molecule has 2 aliphatic rings. The third-order valence-corrected chi connectivity index (χ3v) is 4.75. The highest BCUT2D eigenvalue weighted by molar-refractivity contribution is 5.85. The summed E-state index contributed by atoms with van der Waals surface area (Å²) in [5, 5.41) is 3.58. The van der Waals surface area contributed by atoms with E-state index in [9.17, 15) is 4.79 Å². The molecule has 1 heterocycles. The molecule has 0 radical (unpaired) electrons. The summed E-state index contributed by atoms with van der Waals surface area (Å²) in [6, 6.07) is 0.475. The molecule has 1 saturated carbocycles. The average molecular weight is 252 g/mol. The third-order valence-electron chi connectivity index (χ3n) is 4.75. The standard InChI is InChI=1S/C15H28N2O/c1-5-7-13-16-14(10(3)6-2)15(18)17(13)11(4)12-8-9-12/h10-14,16H,5-9H2,1-4H3. The van der Waals surface area contributed by atoms with Crippen LogP contribution in [0.1, 0.15) is 59.8 Å². The Kier molecular flexibility index (Phi) is 4.31. The highest BCUT2D eigenvalue weighted by Crippen LogP contribution is 2.38. The zero-order valence-electron chi connectivity index (χ0n) is 12.3. The number of carbonyl (C=O) groups excluding carboxylic acids is 1. The lowest BCUT2D eigenvalue weighted by Gasteiger charge is -2.30. The van der Waals surface area contributed by atoms with Crippen LogP contribution in [0.25, 0.3) is 0 Å². The van der Waals surface area contributed by atoms with Gasteiger partial charge in [-0.25, -0.2) is 0 Å². The van der Waals surface area contributed by atoms with Gasteiger partial charge in [0, 0.05) is 6.04 Å². The van der Waals surface area contributed by atoms with Crippen molar-refractivity contribution in [3.63, 3.8) is 0 Å². The van der Waals surface area contributed by atoms with Gasteiger partial charge in [0.25, 0.3) is 0 Å². The Morgan fingerprint density at radius 3 is 2.50 bits per heavy atom. The maximum absolute atomic E-state index is 12.6. The van der Waals surface area contributed by atoms with Crippen LogP contribution in [-0.4, -0.2) is 29.1 Å². The van der Waals surface area contributed by atoms with Crippen LogP contribution in [0.3, 0.4) is 0 Å². The van der Waals surface area contributed by atoms with Crippen LogP contribution < -0.4 is 5.32 Å². The molecule has 1 N–H and O–H groups in total. The van der Waals surface area contributed by atoms with E-state index in [0.29, 0.717) is 17.9 Å². The molecule has 4 atom stereocenters. The summed E-state index contributed by atoms with van der Waals surface area (Å²) in [5.41, 5.74) is 0. The topological polar surface area (TPSA) is 32.3 Å². The predicted octanol–water partition coefficient (Wildman–Crippen LogP) is 2.76. The van der Waals surface area contributed by atoms with E-state index in [4.69, 9.17) is 0 Å². The Morgan fingerprint density at radius 2 is 2.00 bits per heavy atom. The second kappa shape index (κ2) is 5.60. The van der Waals surface area contributed by atoms with Crippen LogP contribution in [0, 0.1) is 11.8 Å². The molecule has 18 heavy (non-hydrogen) atoms. The van der Waals surface area contributed by atoms with Crippen LogP contribution in [-0.2, 0) is 4.79 Å². The second-order valence-electron chi connectivity index (χ2n) is 6.16. The molecule has 0 spiro atoms. The van der Waals surface area contributed by atoms with E-state index in [1.807, 2.05) is 0 Å². The van der Waals surface area contributed by atoms with Crippen molar-refractivity contribution in [2.75, 3.05) is 0 Å². The number of nitrogens with zero attached hydrogens (tertiary/aromatic N) is 1. The number of amides is 1. The molecule has 1 amide bonds. The monoisotopic (exact) mass is 252 g/mol. The summed E-state index contributed by atoms with van der Waals surface area (Å²) < 4.78 is 0. The molecule has 2 rings (SSSR count). The van der Waals surface area contributed by atoms with E-state index in [2.05, 4.69) is 37.9 Å². The summed E-state index contributed by atoms with van der Waals surface area (Å²) in [7, 11) is 0. The van der Waals surface area contributed by atoms with Gasteiger partial charge in [0.1, 0.15) is 0 Å². The van der Waals surface area contributed by atoms with Crippen molar-refractivity contribution in [1.82, 2.24) is 10.2 Å². The molecule has 0 aromatic heterocycles. The molecule has 3 nitrogen and oxygen atoms in total. The van der Waals surface area contributed by atoms with Crippen molar-refractivity contribution in [2.24, 2.45) is 11.8 Å². The van der Waals surface area contributed by atoms with Crippen LogP contribution in [0.2, 0.25) is 0 Å². The third kappa shape index (κ3) is 2.56. The summed E-state index contributed by atoms with van der Waals surface area (Å²) >= 11 is 0. The predicted molar refractivity (Wildman–Crippen MR) is 74.1 cm³/mol. The van der Waals surface area contributed by atoms with Gasteiger partial charge < -0.3 is 4.90 Å². The van der Waals surface area contributed by atoms with Crippen LogP contribution in [0.15, 0.2) is 0 Å². The van der Waals surface area contributed by atoms with E-state index in [1.54, 1.807) is 0 Å². The van der Waals surface area contributed by atoms with Gasteiger partial charge in [0.2, 0.25) is 5.91 Å². The molecule has 0 aromatic rings. The number of nitrogens with one attached hydrogen (secondary N) is 1. The molecule has 1 aliphatic carbocycles. The van der Waals surface area contributed by atoms with Crippen molar-refractivity contribution in [3.05, 3.63) is 0 Å². The van der Waals surface area contributed by atoms with Gasteiger partial charge in [-0.05, 0) is 38.0 Å². The molecular formula is C15H28N2O. The summed E-state index contributed by atoms with van der Waals surface area (Å²) in [6.45, 7) is 8.78. The number of hydrogen-bond donors (Lipinski definition) is 1. The quantitative estimate of drug-likeness (QED) is 0.788. The fourth-order valence-corrected chi connectivity index (χ4v) is 3.10. The van der Waals surface area contributed by atoms with Gasteiger partial charge in [0.05, 0.1) is 12.2 Å². The summed E-state index contributed by atoms with van der Waals surface area (Å²) in [5.74, 6) is 1.54. The van der Waals surface area contributed by atoms with Gasteiger partial charge in [-0.3, -0.25) is 10.1 Å². The first-order valence-corrected chi connectivity index (χ1v) is 7.68. The minimum Gasteiger partial charge on any atom is -0.323 e. The lowest BCUT2D eigenvalue weighted by molar-refractivity contribution is -0.133. The highest BCUT2D eigenvalue weighted by Gasteiger charge is 2.45. The lowest BCUT2D eigenvalue weighted by atomic mass is 9.99. The maximum atomic E-state index is 12.6. The van der Waals surface area contributed by atoms with Gasteiger partial charge in [-0.15, -0.1) is 0 Å². The lowest BCUT2D eigenvalue weighted by Crippen LogP contribution is -2.44. The first-order valence-electron chi connectivity index (χ1n) is 7.68. The molecule has 0 bridgehead atoms. The average Bonchev–Trinajstić information content (AvgIpc) is 3.14. The minimum atomic E-state index is 0.0488. The molecule has 2 fully saturated rings. The van der Waals surface area contributed by atoms with Crippen molar-refractivity contribution < 1.29 is 4.79 Å². The van der Waals surface area contributed by atoms with E-state index >= 15 is 0 Å². The zero-order valence-corrected chi connectivity index (χ0v) is 12.3. The Labute approximate surface area is 111 Å². The molecule has 1 saturated heterocycles. The molecule has 1 aliphatic heterocycles. The van der Waals surface area contributed by atoms with E-state index in [0.717, 1.165) is 25.2 Å². The number of carbonyl (C=O) groups is 1. The second-order valence-corrected chi connectivity index (χ2v) is 6.16. The zero-order chi connectivity index (χ0) is 13.3. The molecule has 3 heteroatoms. The molecule has 104 valence electrons. The Hall–Kier alpha value is -0.570. The molecule has 4 unspecified atom stereocenters. The fourth-order valence-electron chi connectivity index (χ4n) is 3.10. The Morgan fingerprint density at radius 1 is 1.33 bits per heavy atom. The van der Waals surface area contributed by atoms with Crippen molar-refractivity contribution >= 4 is 5.91 Å². The molecule has 0 aromatic carbocycles. The number of rotatable bonds is 6. The van der Waals surface area contributed by atoms with Gasteiger partial charge >= 0.3 is 0 Å². The molecular weight excluding hydrogens is 224 g/mol. The summed E-state index contributed by atoms with van der Waals surface area (Å²) in [4.78, 5) is 14.8. The smallest absolute Gasteiger partial charge is 0.241 e. The Balaban J connectivity index is 2.10. The Bertz CT molecular complexity index is 301. The van der Waals surface area contributed by atoms with Crippen molar-refractivity contribution in [2.45, 2.75) is 78.0 Å². The van der Waals surface area contributed by atoms with Crippen LogP contribution in [0.5, 0.6) is 0 Å². The SMILES string of the molecule is CCCC1NC(C(C)CC)C(=O)N1C(C)C1CC1. The van der Waals surface area contributed by atoms with Gasteiger partial charge in [-0.1, -0.05) is 33.6 Å².